The Kier molecular flexibility index (Phi) is 3.50. The zero-order valence-corrected chi connectivity index (χ0v) is 12.5. The van der Waals surface area contributed by atoms with E-state index in [9.17, 15) is 9.90 Å². The van der Waals surface area contributed by atoms with Crippen LogP contribution >= 0.6 is 27.7 Å². The summed E-state index contributed by atoms with van der Waals surface area (Å²) in [5.41, 5.74) is 2.04. The van der Waals surface area contributed by atoms with Gasteiger partial charge in [0.1, 0.15) is 0 Å². The summed E-state index contributed by atoms with van der Waals surface area (Å²) >= 11 is 4.58. The first-order valence-electron chi connectivity index (χ1n) is 5.79. The molecule has 0 fully saturated rings. The monoisotopic (exact) mass is 348 g/mol. The minimum absolute atomic E-state index is 0.248. The van der Waals surface area contributed by atoms with E-state index in [1.165, 1.54) is 11.8 Å². The highest BCUT2D eigenvalue weighted by Crippen LogP contribution is 2.33. The molecule has 2 N–H and O–H groups in total. The first-order chi connectivity index (χ1) is 9.65. The molecule has 0 atom stereocenters. The molecule has 100 valence electrons. The summed E-state index contributed by atoms with van der Waals surface area (Å²) < 4.78 is 0.561. The fourth-order valence-corrected chi connectivity index (χ4v) is 3.51. The van der Waals surface area contributed by atoms with Gasteiger partial charge in [0.2, 0.25) is 0 Å². The van der Waals surface area contributed by atoms with E-state index in [2.05, 4.69) is 25.9 Å². The molecule has 6 heteroatoms. The number of halogens is 1. The summed E-state index contributed by atoms with van der Waals surface area (Å²) in [4.78, 5) is 19.6. The maximum absolute atomic E-state index is 11.3. The minimum Gasteiger partial charge on any atom is -0.478 e. The van der Waals surface area contributed by atoms with Gasteiger partial charge in [-0.2, -0.15) is 0 Å². The summed E-state index contributed by atoms with van der Waals surface area (Å²) in [7, 11) is 0. The second kappa shape index (κ2) is 5.30. The van der Waals surface area contributed by atoms with E-state index < -0.39 is 5.97 Å². The number of carboxylic acids is 1. The molecule has 0 unspecified atom stereocenters. The number of nitrogens with zero attached hydrogens (tertiary/aromatic N) is 1. The van der Waals surface area contributed by atoms with Crippen molar-refractivity contribution in [1.29, 1.82) is 0 Å². The highest BCUT2D eigenvalue weighted by Gasteiger charge is 2.16. The predicted molar refractivity (Wildman–Crippen MR) is 81.3 cm³/mol. The average Bonchev–Trinajstić information content (AvgIpc) is 2.80. The van der Waals surface area contributed by atoms with E-state index in [1.54, 1.807) is 12.1 Å². The number of fused-ring (bicyclic) bond motifs is 1. The van der Waals surface area contributed by atoms with Crippen LogP contribution in [0, 0.1) is 0 Å². The molecule has 1 heterocycles. The summed E-state index contributed by atoms with van der Waals surface area (Å²) in [6, 6.07) is 13.0. The molecule has 0 saturated carbocycles. The van der Waals surface area contributed by atoms with E-state index >= 15 is 0 Å². The molecule has 0 amide bonds. The summed E-state index contributed by atoms with van der Waals surface area (Å²) in [5.74, 6) is -0.962. The molecular weight excluding hydrogens is 340 g/mol. The molecule has 20 heavy (non-hydrogen) atoms. The predicted octanol–water partition coefficient (Wildman–Crippen LogP) is 4.17. The third-order valence-corrected chi connectivity index (χ3v) is 4.37. The van der Waals surface area contributed by atoms with Crippen LogP contribution in [0.5, 0.6) is 0 Å². The Morgan fingerprint density at radius 3 is 2.75 bits per heavy atom. The van der Waals surface area contributed by atoms with Crippen molar-refractivity contribution in [3.63, 3.8) is 0 Å². The Bertz CT molecular complexity index is 768. The van der Waals surface area contributed by atoms with Crippen molar-refractivity contribution in [1.82, 2.24) is 9.97 Å². The van der Waals surface area contributed by atoms with Crippen molar-refractivity contribution in [2.24, 2.45) is 0 Å². The van der Waals surface area contributed by atoms with Crippen LogP contribution in [0.15, 0.2) is 57.0 Å². The van der Waals surface area contributed by atoms with Crippen molar-refractivity contribution in [2.45, 2.75) is 10.1 Å². The first-order valence-corrected chi connectivity index (χ1v) is 7.40. The van der Waals surface area contributed by atoms with Crippen LogP contribution in [-0.4, -0.2) is 21.0 Å². The number of rotatable bonds is 3. The summed E-state index contributed by atoms with van der Waals surface area (Å²) in [5, 5.41) is 9.96. The lowest BCUT2D eigenvalue weighted by Crippen LogP contribution is -2.00. The Hall–Kier alpha value is -1.79. The number of aromatic nitrogens is 2. The quantitative estimate of drug-likeness (QED) is 0.745. The topological polar surface area (TPSA) is 66.0 Å². The maximum Gasteiger partial charge on any atom is 0.338 e. The number of carboxylic acid groups (broad SMARTS) is 1. The highest BCUT2D eigenvalue weighted by atomic mass is 79.9. The van der Waals surface area contributed by atoms with Crippen LogP contribution in [0.1, 0.15) is 10.4 Å². The van der Waals surface area contributed by atoms with Gasteiger partial charge >= 0.3 is 5.97 Å². The molecule has 0 saturated heterocycles. The summed E-state index contributed by atoms with van der Waals surface area (Å²) in [6.45, 7) is 0. The van der Waals surface area contributed by atoms with E-state index in [-0.39, 0.29) is 5.56 Å². The fourth-order valence-electron chi connectivity index (χ4n) is 1.88. The average molecular weight is 349 g/mol. The molecule has 3 rings (SSSR count). The lowest BCUT2D eigenvalue weighted by Gasteiger charge is -2.05. The third kappa shape index (κ3) is 2.44. The van der Waals surface area contributed by atoms with E-state index in [0.717, 1.165) is 11.0 Å². The molecule has 1 aromatic heterocycles. The van der Waals surface area contributed by atoms with Crippen molar-refractivity contribution >= 4 is 44.7 Å². The molecule has 4 nitrogen and oxygen atoms in total. The molecule has 0 radical (unpaired) electrons. The molecule has 0 aliphatic heterocycles. The van der Waals surface area contributed by atoms with Gasteiger partial charge in [0.05, 0.1) is 16.6 Å². The first kappa shape index (κ1) is 13.2. The number of hydrogen-bond acceptors (Lipinski definition) is 3. The third-order valence-electron chi connectivity index (χ3n) is 2.76. The van der Waals surface area contributed by atoms with Gasteiger partial charge < -0.3 is 10.1 Å². The smallest absolute Gasteiger partial charge is 0.338 e. The number of benzene rings is 2. The van der Waals surface area contributed by atoms with Crippen LogP contribution < -0.4 is 0 Å². The lowest BCUT2D eigenvalue weighted by molar-refractivity contribution is 0.0692. The Balaban J connectivity index is 2.02. The van der Waals surface area contributed by atoms with Crippen LogP contribution in [0.4, 0.5) is 0 Å². The Morgan fingerprint density at radius 2 is 2.00 bits per heavy atom. The maximum atomic E-state index is 11.3. The van der Waals surface area contributed by atoms with Crippen LogP contribution in [0.2, 0.25) is 0 Å². The van der Waals surface area contributed by atoms with Gasteiger partial charge in [0, 0.05) is 9.37 Å². The lowest BCUT2D eigenvalue weighted by atomic mass is 10.2. The number of aromatic carboxylic acids is 1. The van der Waals surface area contributed by atoms with Crippen molar-refractivity contribution in [3.05, 3.63) is 52.5 Å². The van der Waals surface area contributed by atoms with E-state index in [0.29, 0.717) is 14.5 Å². The molecule has 3 aromatic rings. The SMILES string of the molecule is O=C(O)c1c(Br)cccc1Sc1nc2ccccc2[nH]1. The van der Waals surface area contributed by atoms with Crippen LogP contribution in [-0.2, 0) is 0 Å². The zero-order valence-electron chi connectivity index (χ0n) is 10.1. The largest absolute Gasteiger partial charge is 0.478 e. The van der Waals surface area contributed by atoms with Gasteiger partial charge in [-0.1, -0.05) is 30.0 Å². The normalized spacial score (nSPS) is 10.8. The highest BCUT2D eigenvalue weighted by molar-refractivity contribution is 9.10. The van der Waals surface area contributed by atoms with Crippen molar-refractivity contribution in [3.8, 4) is 0 Å². The molecule has 0 bridgehead atoms. The Labute approximate surface area is 127 Å². The number of H-pyrrole nitrogens is 1. The molecule has 0 aliphatic rings. The Morgan fingerprint density at radius 1 is 1.20 bits per heavy atom. The molecule has 2 aromatic carbocycles. The second-order valence-electron chi connectivity index (χ2n) is 4.08. The molecule has 0 aliphatic carbocycles. The van der Waals surface area contributed by atoms with Gasteiger partial charge in [-0.05, 0) is 40.2 Å². The van der Waals surface area contributed by atoms with Gasteiger partial charge in [0.25, 0.3) is 0 Å². The zero-order chi connectivity index (χ0) is 14.1. The standard InChI is InChI=1S/C14H9BrN2O2S/c15-8-4-3-7-11(12(8)13(18)19)20-14-16-9-5-1-2-6-10(9)17-14/h1-7H,(H,16,17)(H,18,19). The van der Waals surface area contributed by atoms with Gasteiger partial charge in [-0.25, -0.2) is 9.78 Å². The van der Waals surface area contributed by atoms with Gasteiger partial charge in [-0.3, -0.25) is 0 Å². The van der Waals surface area contributed by atoms with E-state index in [1.807, 2.05) is 30.3 Å². The molecular formula is C14H9BrN2O2S. The van der Waals surface area contributed by atoms with Gasteiger partial charge in [-0.15, -0.1) is 0 Å². The van der Waals surface area contributed by atoms with Crippen molar-refractivity contribution < 1.29 is 9.90 Å². The van der Waals surface area contributed by atoms with Crippen LogP contribution in [0.25, 0.3) is 11.0 Å². The number of imidazole rings is 1. The van der Waals surface area contributed by atoms with Crippen LogP contribution in [0.3, 0.4) is 0 Å². The minimum atomic E-state index is -0.962. The van der Waals surface area contributed by atoms with Gasteiger partial charge in [0.15, 0.2) is 5.16 Å². The number of para-hydroxylation sites is 2. The number of hydrogen-bond donors (Lipinski definition) is 2. The number of aromatic amines is 1. The summed E-state index contributed by atoms with van der Waals surface area (Å²) in [6.07, 6.45) is 0. The second-order valence-corrected chi connectivity index (χ2v) is 5.96. The molecule has 0 spiro atoms. The van der Waals surface area contributed by atoms with E-state index in [4.69, 9.17) is 0 Å². The number of carbonyl (C=O) groups is 1. The van der Waals surface area contributed by atoms with Crippen molar-refractivity contribution in [2.75, 3.05) is 0 Å². The number of nitrogens with one attached hydrogen (secondary N) is 1. The fraction of sp³-hybridized carbons (Fsp3) is 0.